The van der Waals surface area contributed by atoms with Crippen molar-refractivity contribution < 1.29 is 18.0 Å². The first-order valence-electron chi connectivity index (χ1n) is 5.79. The van der Waals surface area contributed by atoms with Crippen molar-refractivity contribution in [2.24, 2.45) is 11.3 Å². The number of rotatable bonds is 4. The average Bonchev–Trinajstić information content (AvgIpc) is 2.87. The van der Waals surface area contributed by atoms with Gasteiger partial charge < -0.3 is 5.32 Å². The van der Waals surface area contributed by atoms with E-state index in [1.165, 1.54) is 0 Å². The largest absolute Gasteiger partial charge is 0.394 e. The maximum Gasteiger partial charge on any atom is 0.394 e. The highest BCUT2D eigenvalue weighted by molar-refractivity contribution is 5.80. The first-order chi connectivity index (χ1) is 7.45. The molecule has 1 aliphatic carbocycles. The number of nitrogens with one attached hydrogen (secondary N) is 1. The standard InChI is InChI=1S/C11H16F3NO/c12-11(13,14)10(5-6-10)4-1-2-8-3-7-15-9(8)16/h8H,1-7H2,(H,15,16). The van der Waals surface area contributed by atoms with E-state index in [1.807, 2.05) is 0 Å². The molecule has 1 unspecified atom stereocenters. The molecule has 16 heavy (non-hydrogen) atoms. The van der Waals surface area contributed by atoms with E-state index in [9.17, 15) is 18.0 Å². The molecule has 1 heterocycles. The summed E-state index contributed by atoms with van der Waals surface area (Å²) in [5, 5.41) is 2.70. The first-order valence-corrected chi connectivity index (χ1v) is 5.79. The van der Waals surface area contributed by atoms with E-state index in [1.54, 1.807) is 0 Å². The number of halogens is 3. The minimum Gasteiger partial charge on any atom is -0.356 e. The smallest absolute Gasteiger partial charge is 0.356 e. The molecule has 1 saturated carbocycles. The molecule has 2 nitrogen and oxygen atoms in total. The van der Waals surface area contributed by atoms with Gasteiger partial charge in [-0.25, -0.2) is 0 Å². The van der Waals surface area contributed by atoms with E-state index in [-0.39, 0.29) is 31.1 Å². The average molecular weight is 235 g/mol. The lowest BCUT2D eigenvalue weighted by molar-refractivity contribution is -0.189. The molecule has 1 amide bonds. The van der Waals surface area contributed by atoms with Gasteiger partial charge in [-0.1, -0.05) is 6.42 Å². The second-order valence-corrected chi connectivity index (χ2v) is 4.95. The second-order valence-electron chi connectivity index (χ2n) is 4.95. The number of carbonyl (C=O) groups excluding carboxylic acids is 1. The van der Waals surface area contributed by atoms with Gasteiger partial charge in [-0.15, -0.1) is 0 Å². The first kappa shape index (κ1) is 11.7. The molecule has 1 atom stereocenters. The van der Waals surface area contributed by atoms with E-state index < -0.39 is 11.6 Å². The Balaban J connectivity index is 1.74. The Morgan fingerprint density at radius 1 is 1.38 bits per heavy atom. The van der Waals surface area contributed by atoms with E-state index in [0.29, 0.717) is 19.4 Å². The van der Waals surface area contributed by atoms with Gasteiger partial charge in [0, 0.05) is 12.5 Å². The predicted octanol–water partition coefficient (Wildman–Crippen LogP) is 2.64. The van der Waals surface area contributed by atoms with Crippen LogP contribution in [0.25, 0.3) is 0 Å². The van der Waals surface area contributed by atoms with Crippen molar-refractivity contribution in [1.29, 1.82) is 0 Å². The van der Waals surface area contributed by atoms with Crippen LogP contribution in [0.4, 0.5) is 13.2 Å². The molecule has 0 bridgehead atoms. The molecule has 0 aromatic carbocycles. The van der Waals surface area contributed by atoms with E-state index >= 15 is 0 Å². The maximum absolute atomic E-state index is 12.6. The molecular formula is C11H16F3NO. The highest BCUT2D eigenvalue weighted by Crippen LogP contribution is 2.60. The van der Waals surface area contributed by atoms with Gasteiger partial charge in [0.25, 0.3) is 0 Å². The molecule has 1 saturated heterocycles. The second kappa shape index (κ2) is 3.93. The van der Waals surface area contributed by atoms with Gasteiger partial charge in [0.15, 0.2) is 0 Å². The summed E-state index contributed by atoms with van der Waals surface area (Å²) in [5.41, 5.74) is -1.40. The molecular weight excluding hydrogens is 219 g/mol. The predicted molar refractivity (Wildman–Crippen MR) is 52.7 cm³/mol. The van der Waals surface area contributed by atoms with Crippen LogP contribution in [0.15, 0.2) is 0 Å². The summed E-state index contributed by atoms with van der Waals surface area (Å²) >= 11 is 0. The normalized spacial score (nSPS) is 27.9. The third-order valence-corrected chi connectivity index (χ3v) is 3.83. The minimum atomic E-state index is -4.05. The van der Waals surface area contributed by atoms with Crippen molar-refractivity contribution in [3.63, 3.8) is 0 Å². The SMILES string of the molecule is O=C1NCCC1CCCC1(C(F)(F)F)CC1. The summed E-state index contributed by atoms with van der Waals surface area (Å²) in [4.78, 5) is 11.2. The monoisotopic (exact) mass is 235 g/mol. The molecule has 2 rings (SSSR count). The Hall–Kier alpha value is -0.740. The van der Waals surface area contributed by atoms with Crippen molar-refractivity contribution in [3.8, 4) is 0 Å². The quantitative estimate of drug-likeness (QED) is 0.797. The van der Waals surface area contributed by atoms with Crippen LogP contribution in [-0.2, 0) is 4.79 Å². The molecule has 92 valence electrons. The highest BCUT2D eigenvalue weighted by Gasteiger charge is 2.62. The van der Waals surface area contributed by atoms with Crippen molar-refractivity contribution >= 4 is 5.91 Å². The maximum atomic E-state index is 12.6. The van der Waals surface area contributed by atoms with Crippen molar-refractivity contribution in [2.45, 2.75) is 44.7 Å². The van der Waals surface area contributed by atoms with Crippen LogP contribution in [0, 0.1) is 11.3 Å². The Kier molecular flexibility index (Phi) is 2.88. The van der Waals surface area contributed by atoms with Gasteiger partial charge in [0.05, 0.1) is 5.41 Å². The molecule has 0 radical (unpaired) electrons. The fraction of sp³-hybridized carbons (Fsp3) is 0.909. The molecule has 5 heteroatoms. The highest BCUT2D eigenvalue weighted by atomic mass is 19.4. The van der Waals surface area contributed by atoms with Crippen LogP contribution in [0.2, 0.25) is 0 Å². The van der Waals surface area contributed by atoms with Gasteiger partial charge in [-0.3, -0.25) is 4.79 Å². The van der Waals surface area contributed by atoms with Crippen molar-refractivity contribution in [3.05, 3.63) is 0 Å². The van der Waals surface area contributed by atoms with Crippen LogP contribution in [0.1, 0.15) is 38.5 Å². The van der Waals surface area contributed by atoms with Crippen molar-refractivity contribution in [2.75, 3.05) is 6.54 Å². The van der Waals surface area contributed by atoms with Crippen molar-refractivity contribution in [1.82, 2.24) is 5.32 Å². The number of amides is 1. The van der Waals surface area contributed by atoms with Crippen LogP contribution in [0.3, 0.4) is 0 Å². The number of alkyl halides is 3. The lowest BCUT2D eigenvalue weighted by Crippen LogP contribution is -2.25. The molecule has 0 aromatic heterocycles. The number of hydrogen-bond acceptors (Lipinski definition) is 1. The number of carbonyl (C=O) groups is 1. The Morgan fingerprint density at radius 3 is 2.50 bits per heavy atom. The molecule has 1 N–H and O–H groups in total. The Bertz CT molecular complexity index is 283. The summed E-state index contributed by atoms with van der Waals surface area (Å²) in [7, 11) is 0. The molecule has 2 aliphatic rings. The third-order valence-electron chi connectivity index (χ3n) is 3.83. The van der Waals surface area contributed by atoms with Gasteiger partial charge in [0.2, 0.25) is 5.91 Å². The van der Waals surface area contributed by atoms with Gasteiger partial charge in [-0.2, -0.15) is 13.2 Å². The molecule has 1 aliphatic heterocycles. The fourth-order valence-corrected chi connectivity index (χ4v) is 2.43. The van der Waals surface area contributed by atoms with Gasteiger partial charge in [0.1, 0.15) is 0 Å². The topological polar surface area (TPSA) is 29.1 Å². The summed E-state index contributed by atoms with van der Waals surface area (Å²) in [5.74, 6) is -0.0408. The Morgan fingerprint density at radius 2 is 2.06 bits per heavy atom. The molecule has 2 fully saturated rings. The summed E-state index contributed by atoms with van der Waals surface area (Å²) < 4.78 is 37.8. The van der Waals surface area contributed by atoms with Crippen LogP contribution in [-0.4, -0.2) is 18.6 Å². The zero-order chi connectivity index (χ0) is 11.8. The Labute approximate surface area is 92.6 Å². The van der Waals surface area contributed by atoms with Gasteiger partial charge in [-0.05, 0) is 32.1 Å². The summed E-state index contributed by atoms with van der Waals surface area (Å²) in [6.07, 6.45) is -1.43. The zero-order valence-corrected chi connectivity index (χ0v) is 9.07. The number of hydrogen-bond donors (Lipinski definition) is 1. The summed E-state index contributed by atoms with van der Waals surface area (Å²) in [6.45, 7) is 0.675. The van der Waals surface area contributed by atoms with E-state index in [0.717, 1.165) is 6.42 Å². The van der Waals surface area contributed by atoms with Crippen LogP contribution in [0.5, 0.6) is 0 Å². The zero-order valence-electron chi connectivity index (χ0n) is 9.07. The van der Waals surface area contributed by atoms with Gasteiger partial charge >= 0.3 is 6.18 Å². The lowest BCUT2D eigenvalue weighted by Gasteiger charge is -2.19. The van der Waals surface area contributed by atoms with E-state index in [4.69, 9.17) is 0 Å². The van der Waals surface area contributed by atoms with Crippen LogP contribution >= 0.6 is 0 Å². The molecule has 0 spiro atoms. The third kappa shape index (κ3) is 2.18. The van der Waals surface area contributed by atoms with Crippen LogP contribution < -0.4 is 5.32 Å². The van der Waals surface area contributed by atoms with E-state index in [2.05, 4.69) is 5.32 Å². The minimum absolute atomic E-state index is 0.0110. The molecule has 0 aromatic rings. The lowest BCUT2D eigenvalue weighted by atomic mass is 9.93. The summed E-state index contributed by atoms with van der Waals surface area (Å²) in [6, 6.07) is 0. The fourth-order valence-electron chi connectivity index (χ4n) is 2.43.